The average molecular weight is 387 g/mol. The van der Waals surface area contributed by atoms with Gasteiger partial charge >= 0.3 is 5.97 Å². The molecule has 0 saturated heterocycles. The van der Waals surface area contributed by atoms with Crippen LogP contribution in [0.15, 0.2) is 51.6 Å². The summed E-state index contributed by atoms with van der Waals surface area (Å²) in [6.45, 7) is 6.65. The zero-order chi connectivity index (χ0) is 19.0. The number of aliphatic imine (C=N–C) groups is 1. The Morgan fingerprint density at radius 3 is 2.68 bits per heavy atom. The van der Waals surface area contributed by atoms with Crippen molar-refractivity contribution >= 4 is 34.3 Å². The lowest BCUT2D eigenvalue weighted by Gasteiger charge is -2.12. The van der Waals surface area contributed by atoms with Crippen molar-refractivity contribution < 1.29 is 22.7 Å². The maximum absolute atomic E-state index is 12.6. The third kappa shape index (κ3) is 5.91. The van der Waals surface area contributed by atoms with Gasteiger partial charge in [-0.15, -0.1) is 0 Å². The van der Waals surface area contributed by atoms with E-state index in [-0.39, 0.29) is 33.5 Å². The Morgan fingerprint density at radius 2 is 2.12 bits per heavy atom. The Kier molecular flexibility index (Phi) is 7.66. The molecule has 0 saturated carbocycles. The van der Waals surface area contributed by atoms with Crippen LogP contribution in [0.2, 0.25) is 5.02 Å². The van der Waals surface area contributed by atoms with E-state index in [4.69, 9.17) is 21.1 Å². The highest BCUT2D eigenvalue weighted by Gasteiger charge is 2.21. The minimum atomic E-state index is -4.04. The van der Waals surface area contributed by atoms with Crippen molar-refractivity contribution in [2.45, 2.75) is 18.7 Å². The molecule has 0 spiro atoms. The highest BCUT2D eigenvalue weighted by molar-refractivity contribution is 7.89. The molecule has 0 bridgehead atoms. The van der Waals surface area contributed by atoms with Gasteiger partial charge in [0.2, 0.25) is 0 Å². The number of hydrogen-bond donors (Lipinski definition) is 1. The fraction of sp³-hybridized carbons (Fsp3) is 0.250. The molecule has 0 aliphatic rings. The predicted molar refractivity (Wildman–Crippen MR) is 96.3 cm³/mol. The first-order valence-corrected chi connectivity index (χ1v) is 8.99. The predicted octanol–water partition coefficient (Wildman–Crippen LogP) is 2.68. The zero-order valence-electron chi connectivity index (χ0n) is 14.1. The van der Waals surface area contributed by atoms with E-state index in [1.807, 2.05) is 0 Å². The number of ether oxygens (including phenoxy) is 2. The number of sulfonamides is 1. The molecule has 1 N–H and O–H groups in total. The summed E-state index contributed by atoms with van der Waals surface area (Å²) in [4.78, 5) is 15.1. The van der Waals surface area contributed by atoms with Gasteiger partial charge in [-0.3, -0.25) is 9.71 Å². The third-order valence-electron chi connectivity index (χ3n) is 2.87. The second-order valence-corrected chi connectivity index (χ2v) is 6.80. The van der Waals surface area contributed by atoms with Gasteiger partial charge in [0.05, 0.1) is 25.6 Å². The summed E-state index contributed by atoms with van der Waals surface area (Å²) in [7, 11) is -2.70. The number of rotatable bonds is 8. The van der Waals surface area contributed by atoms with Crippen LogP contribution >= 0.6 is 11.6 Å². The van der Waals surface area contributed by atoms with Crippen LogP contribution in [-0.2, 0) is 19.6 Å². The summed E-state index contributed by atoms with van der Waals surface area (Å²) in [5.41, 5.74) is 0.222. The number of carbonyl (C=O) groups is 1. The number of benzene rings is 1. The molecule has 9 heteroatoms. The Balaban J connectivity index is 3.24. The van der Waals surface area contributed by atoms with E-state index in [1.165, 1.54) is 38.3 Å². The van der Waals surface area contributed by atoms with E-state index >= 15 is 0 Å². The van der Waals surface area contributed by atoms with Crippen molar-refractivity contribution in [1.29, 1.82) is 0 Å². The SMILES string of the molecule is C=N/C=C(\C=C(/C)C(=O)OCC)NS(=O)(=O)c1cc(Cl)ccc1OC. The molecule has 0 fully saturated rings. The van der Waals surface area contributed by atoms with Gasteiger partial charge in [-0.05, 0) is 44.8 Å². The first-order chi connectivity index (χ1) is 11.7. The quantitative estimate of drug-likeness (QED) is 0.321. The van der Waals surface area contributed by atoms with Crippen LogP contribution in [0.3, 0.4) is 0 Å². The van der Waals surface area contributed by atoms with E-state index in [2.05, 4.69) is 16.4 Å². The highest BCUT2D eigenvalue weighted by Crippen LogP contribution is 2.27. The Hall–Kier alpha value is -2.32. The standard InChI is InChI=1S/C16H19ClN2O5S/c1-5-24-16(20)11(2)8-13(10-18-3)19-25(21,22)15-9-12(17)6-7-14(15)23-4/h6-10,19H,3,5H2,1-2,4H3/b11-8+,13-10+. The number of esters is 1. The van der Waals surface area contributed by atoms with Crippen LogP contribution in [-0.4, -0.2) is 34.8 Å². The van der Waals surface area contributed by atoms with Crippen molar-refractivity contribution in [1.82, 2.24) is 4.72 Å². The summed E-state index contributed by atoms with van der Waals surface area (Å²) < 4.78 is 37.5. The first kappa shape index (κ1) is 20.7. The Morgan fingerprint density at radius 1 is 1.44 bits per heavy atom. The molecule has 0 radical (unpaired) electrons. The number of allylic oxidation sites excluding steroid dienone is 1. The number of methoxy groups -OCH3 is 1. The second-order valence-electron chi connectivity index (χ2n) is 4.72. The number of nitrogens with one attached hydrogen (secondary N) is 1. The van der Waals surface area contributed by atoms with Gasteiger partial charge in [0.25, 0.3) is 10.0 Å². The smallest absolute Gasteiger partial charge is 0.333 e. The molecule has 1 rings (SSSR count). The Bertz CT molecular complexity index is 816. The summed E-state index contributed by atoms with van der Waals surface area (Å²) in [6, 6.07) is 4.20. The molecule has 0 aromatic heterocycles. The second kappa shape index (κ2) is 9.24. The zero-order valence-corrected chi connectivity index (χ0v) is 15.6. The van der Waals surface area contributed by atoms with Gasteiger partial charge in [-0.25, -0.2) is 13.2 Å². The van der Waals surface area contributed by atoms with Gasteiger partial charge < -0.3 is 9.47 Å². The van der Waals surface area contributed by atoms with Crippen LogP contribution in [0, 0.1) is 0 Å². The van der Waals surface area contributed by atoms with E-state index in [9.17, 15) is 13.2 Å². The monoisotopic (exact) mass is 386 g/mol. The maximum atomic E-state index is 12.6. The molecule has 0 amide bonds. The molecule has 0 atom stereocenters. The molecule has 1 aromatic carbocycles. The highest BCUT2D eigenvalue weighted by atomic mass is 35.5. The van der Waals surface area contributed by atoms with Gasteiger partial charge in [-0.2, -0.15) is 0 Å². The van der Waals surface area contributed by atoms with Crippen LogP contribution in [0.1, 0.15) is 13.8 Å². The number of hydrogen-bond acceptors (Lipinski definition) is 6. The fourth-order valence-electron chi connectivity index (χ4n) is 1.80. The number of carbonyl (C=O) groups excluding carboxylic acids is 1. The van der Waals surface area contributed by atoms with Crippen molar-refractivity contribution in [3.63, 3.8) is 0 Å². The molecular formula is C16H19ClN2O5S. The normalized spacial score (nSPS) is 12.5. The average Bonchev–Trinajstić information content (AvgIpc) is 2.54. The van der Waals surface area contributed by atoms with Crippen LogP contribution < -0.4 is 9.46 Å². The lowest BCUT2D eigenvalue weighted by atomic mass is 10.2. The van der Waals surface area contributed by atoms with Crippen molar-refractivity contribution in [3.8, 4) is 5.75 Å². The van der Waals surface area contributed by atoms with E-state index in [1.54, 1.807) is 6.92 Å². The molecule has 7 nitrogen and oxygen atoms in total. The molecule has 0 aliphatic carbocycles. The molecule has 0 aliphatic heterocycles. The van der Waals surface area contributed by atoms with Gasteiger partial charge in [0.15, 0.2) is 0 Å². The summed E-state index contributed by atoms with van der Waals surface area (Å²) in [5, 5.41) is 0.229. The van der Waals surface area contributed by atoms with Crippen LogP contribution in [0.5, 0.6) is 5.75 Å². The molecular weight excluding hydrogens is 368 g/mol. The summed E-state index contributed by atoms with van der Waals surface area (Å²) >= 11 is 5.87. The van der Waals surface area contributed by atoms with E-state index in [0.29, 0.717) is 0 Å². The van der Waals surface area contributed by atoms with Crippen molar-refractivity contribution in [2.24, 2.45) is 4.99 Å². The van der Waals surface area contributed by atoms with Crippen molar-refractivity contribution in [3.05, 3.63) is 46.8 Å². The van der Waals surface area contributed by atoms with E-state index in [0.717, 1.165) is 6.20 Å². The van der Waals surface area contributed by atoms with Crippen molar-refractivity contribution in [2.75, 3.05) is 13.7 Å². The van der Waals surface area contributed by atoms with Gasteiger partial charge in [0.1, 0.15) is 10.6 Å². The van der Waals surface area contributed by atoms with Gasteiger partial charge in [0, 0.05) is 10.6 Å². The molecule has 25 heavy (non-hydrogen) atoms. The molecule has 136 valence electrons. The maximum Gasteiger partial charge on any atom is 0.333 e. The minimum absolute atomic E-state index is 0.0302. The molecule has 0 unspecified atom stereocenters. The number of nitrogens with zero attached hydrogens (tertiary/aromatic N) is 1. The molecule has 0 heterocycles. The van der Waals surface area contributed by atoms with Gasteiger partial charge in [-0.1, -0.05) is 11.6 Å². The minimum Gasteiger partial charge on any atom is -0.495 e. The first-order valence-electron chi connectivity index (χ1n) is 7.13. The van der Waals surface area contributed by atoms with Crippen LogP contribution in [0.4, 0.5) is 0 Å². The lowest BCUT2D eigenvalue weighted by molar-refractivity contribution is -0.138. The largest absolute Gasteiger partial charge is 0.495 e. The molecule has 1 aromatic rings. The fourth-order valence-corrected chi connectivity index (χ4v) is 3.27. The van der Waals surface area contributed by atoms with Crippen LogP contribution in [0.25, 0.3) is 0 Å². The number of halogens is 1. The topological polar surface area (TPSA) is 94.1 Å². The lowest BCUT2D eigenvalue weighted by Crippen LogP contribution is -2.23. The summed E-state index contributed by atoms with van der Waals surface area (Å²) in [6.07, 6.45) is 2.46. The Labute approximate surface area is 152 Å². The third-order valence-corrected chi connectivity index (χ3v) is 4.50. The summed E-state index contributed by atoms with van der Waals surface area (Å²) in [5.74, 6) is -0.453. The van der Waals surface area contributed by atoms with E-state index < -0.39 is 16.0 Å².